The lowest BCUT2D eigenvalue weighted by Gasteiger charge is -2.05. The van der Waals surface area contributed by atoms with Crippen molar-refractivity contribution in [2.45, 2.75) is 13.8 Å². The third kappa shape index (κ3) is 2.56. The Bertz CT molecular complexity index is 899. The van der Waals surface area contributed by atoms with E-state index in [9.17, 15) is 0 Å². The van der Waals surface area contributed by atoms with Crippen molar-refractivity contribution >= 4 is 21.8 Å². The van der Waals surface area contributed by atoms with Crippen molar-refractivity contribution in [3.05, 3.63) is 72.9 Å². The van der Waals surface area contributed by atoms with Crippen molar-refractivity contribution in [2.75, 3.05) is 0 Å². The molecule has 0 saturated heterocycles. The number of benzene rings is 2. The summed E-state index contributed by atoms with van der Waals surface area (Å²) in [5.41, 5.74) is 4.03. The molecule has 0 bridgehead atoms. The Balaban J connectivity index is 0.000000693. The van der Waals surface area contributed by atoms with E-state index in [0.29, 0.717) is 0 Å². The van der Waals surface area contributed by atoms with Crippen molar-refractivity contribution in [1.29, 1.82) is 0 Å². The summed E-state index contributed by atoms with van der Waals surface area (Å²) >= 11 is 0. The number of aromatic nitrogens is 2. The van der Waals surface area contributed by atoms with Crippen LogP contribution in [0.3, 0.4) is 0 Å². The molecule has 0 spiro atoms. The van der Waals surface area contributed by atoms with Crippen LogP contribution in [0.15, 0.2) is 72.9 Å². The molecule has 4 rings (SSSR count). The van der Waals surface area contributed by atoms with Gasteiger partial charge in [0.1, 0.15) is 0 Å². The Kier molecular flexibility index (Phi) is 4.10. The third-order valence-corrected chi connectivity index (χ3v) is 3.50. The summed E-state index contributed by atoms with van der Waals surface area (Å²) in [5, 5.41) is 2.24. The van der Waals surface area contributed by atoms with Gasteiger partial charge in [-0.3, -0.25) is 4.98 Å². The molecule has 0 N–H and O–H groups in total. The molecule has 0 aliphatic heterocycles. The average molecular weight is 286 g/mol. The lowest BCUT2D eigenvalue weighted by atomic mass is 10.1. The topological polar surface area (TPSA) is 25.8 Å². The predicted octanol–water partition coefficient (Wildman–Crippen LogP) is 5.48. The molecule has 22 heavy (non-hydrogen) atoms. The summed E-state index contributed by atoms with van der Waals surface area (Å²) in [6, 6.07) is 22.6. The second-order valence-corrected chi connectivity index (χ2v) is 4.77. The summed E-state index contributed by atoms with van der Waals surface area (Å²) in [6.07, 6.45) is 1.82. The van der Waals surface area contributed by atoms with Crippen LogP contribution < -0.4 is 0 Å². The van der Waals surface area contributed by atoms with Gasteiger partial charge in [0.25, 0.3) is 0 Å². The second-order valence-electron chi connectivity index (χ2n) is 4.77. The molecule has 2 nitrogen and oxygen atoms in total. The molecule has 2 aromatic heterocycles. The molecule has 0 saturated carbocycles. The molecule has 2 aromatic carbocycles. The van der Waals surface area contributed by atoms with Gasteiger partial charge >= 0.3 is 0 Å². The summed E-state index contributed by atoms with van der Waals surface area (Å²) in [5.74, 6) is 0. The monoisotopic (exact) mass is 286 g/mol. The molecular weight excluding hydrogens is 268 g/mol. The average Bonchev–Trinajstić information content (AvgIpc) is 2.63. The molecule has 0 radical (unpaired) electrons. The first-order valence-corrected chi connectivity index (χ1v) is 7.62. The zero-order valence-electron chi connectivity index (χ0n) is 12.8. The molecule has 108 valence electrons. The second kappa shape index (κ2) is 6.35. The SMILES string of the molecule is CC.c1ccc(-c2ccc3ccc4cccnc4c3n2)cc1. The Morgan fingerprint density at radius 2 is 1.32 bits per heavy atom. The van der Waals surface area contributed by atoms with Gasteiger partial charge in [-0.25, -0.2) is 4.98 Å². The van der Waals surface area contributed by atoms with Crippen LogP contribution in [0, 0.1) is 0 Å². The molecule has 0 aliphatic carbocycles. The maximum atomic E-state index is 4.81. The predicted molar refractivity (Wildman–Crippen MR) is 93.8 cm³/mol. The van der Waals surface area contributed by atoms with E-state index in [0.717, 1.165) is 33.1 Å². The molecule has 2 heteroatoms. The third-order valence-electron chi connectivity index (χ3n) is 3.50. The quantitative estimate of drug-likeness (QED) is 0.433. The van der Waals surface area contributed by atoms with E-state index in [-0.39, 0.29) is 0 Å². The number of rotatable bonds is 1. The molecular formula is C20H18N2. The van der Waals surface area contributed by atoms with Crippen molar-refractivity contribution in [1.82, 2.24) is 9.97 Å². The molecule has 4 aromatic rings. The molecule has 0 fully saturated rings. The van der Waals surface area contributed by atoms with E-state index in [1.807, 2.05) is 44.3 Å². The normalized spacial score (nSPS) is 10.3. The van der Waals surface area contributed by atoms with Gasteiger partial charge in [-0.1, -0.05) is 68.4 Å². The van der Waals surface area contributed by atoms with E-state index in [2.05, 4.69) is 47.4 Å². The van der Waals surface area contributed by atoms with Gasteiger partial charge in [-0.15, -0.1) is 0 Å². The van der Waals surface area contributed by atoms with Gasteiger partial charge in [0.05, 0.1) is 16.7 Å². The smallest absolute Gasteiger partial charge is 0.0972 e. The van der Waals surface area contributed by atoms with Gasteiger partial charge in [-0.05, 0) is 12.1 Å². The van der Waals surface area contributed by atoms with Crippen LogP contribution >= 0.6 is 0 Å². The lowest BCUT2D eigenvalue weighted by Crippen LogP contribution is -1.88. The summed E-state index contributed by atoms with van der Waals surface area (Å²) in [7, 11) is 0. The van der Waals surface area contributed by atoms with Gasteiger partial charge < -0.3 is 0 Å². The van der Waals surface area contributed by atoms with E-state index in [1.165, 1.54) is 0 Å². The van der Waals surface area contributed by atoms with Crippen LogP contribution in [0.5, 0.6) is 0 Å². The Morgan fingerprint density at radius 3 is 2.09 bits per heavy atom. The minimum Gasteiger partial charge on any atom is -0.254 e. The van der Waals surface area contributed by atoms with Crippen LogP contribution in [-0.4, -0.2) is 9.97 Å². The van der Waals surface area contributed by atoms with E-state index in [1.54, 1.807) is 0 Å². The highest BCUT2D eigenvalue weighted by Gasteiger charge is 2.05. The van der Waals surface area contributed by atoms with Gasteiger partial charge in [0.2, 0.25) is 0 Å². The fourth-order valence-electron chi connectivity index (χ4n) is 2.49. The van der Waals surface area contributed by atoms with E-state index in [4.69, 9.17) is 4.98 Å². The largest absolute Gasteiger partial charge is 0.254 e. The van der Waals surface area contributed by atoms with Crippen molar-refractivity contribution in [3.8, 4) is 11.3 Å². The molecule has 0 unspecified atom stereocenters. The fourth-order valence-corrected chi connectivity index (χ4v) is 2.49. The van der Waals surface area contributed by atoms with Crippen molar-refractivity contribution in [2.24, 2.45) is 0 Å². The summed E-state index contributed by atoms with van der Waals surface area (Å²) < 4.78 is 0. The Labute approximate surface area is 130 Å². The number of hydrogen-bond acceptors (Lipinski definition) is 2. The fraction of sp³-hybridized carbons (Fsp3) is 0.100. The van der Waals surface area contributed by atoms with Crippen LogP contribution in [-0.2, 0) is 0 Å². The van der Waals surface area contributed by atoms with Crippen LogP contribution in [0.25, 0.3) is 33.1 Å². The maximum absolute atomic E-state index is 4.81. The number of pyridine rings is 2. The summed E-state index contributed by atoms with van der Waals surface area (Å²) in [4.78, 5) is 9.29. The highest BCUT2D eigenvalue weighted by Crippen LogP contribution is 2.25. The van der Waals surface area contributed by atoms with Gasteiger partial charge in [0, 0.05) is 22.5 Å². The first-order chi connectivity index (χ1) is 10.9. The Morgan fingerprint density at radius 1 is 0.636 bits per heavy atom. The highest BCUT2D eigenvalue weighted by molar-refractivity contribution is 6.03. The van der Waals surface area contributed by atoms with Gasteiger partial charge in [-0.2, -0.15) is 0 Å². The van der Waals surface area contributed by atoms with E-state index < -0.39 is 0 Å². The van der Waals surface area contributed by atoms with Crippen molar-refractivity contribution in [3.63, 3.8) is 0 Å². The van der Waals surface area contributed by atoms with E-state index >= 15 is 0 Å². The minimum atomic E-state index is 0.961. The molecule has 0 amide bonds. The van der Waals surface area contributed by atoms with Gasteiger partial charge in [0.15, 0.2) is 0 Å². The maximum Gasteiger partial charge on any atom is 0.0972 e. The van der Waals surface area contributed by atoms with Crippen molar-refractivity contribution < 1.29 is 0 Å². The number of hydrogen-bond donors (Lipinski definition) is 0. The van der Waals surface area contributed by atoms with Crippen LogP contribution in [0.4, 0.5) is 0 Å². The minimum absolute atomic E-state index is 0.961. The zero-order valence-corrected chi connectivity index (χ0v) is 12.8. The first kappa shape index (κ1) is 14.2. The zero-order chi connectivity index (χ0) is 15.4. The van der Waals surface area contributed by atoms with Crippen LogP contribution in [0.1, 0.15) is 13.8 Å². The molecule has 0 atom stereocenters. The molecule has 0 aliphatic rings. The lowest BCUT2D eigenvalue weighted by molar-refractivity contribution is 1.37. The Hall–Kier alpha value is -2.74. The molecule has 2 heterocycles. The highest BCUT2D eigenvalue weighted by atomic mass is 14.7. The van der Waals surface area contributed by atoms with Crippen LogP contribution in [0.2, 0.25) is 0 Å². The first-order valence-electron chi connectivity index (χ1n) is 7.62. The number of fused-ring (bicyclic) bond motifs is 3. The standard InChI is InChI=1S/C18H12N2.C2H6/c1-2-5-13(6-3-1)16-11-10-15-9-8-14-7-4-12-19-17(14)18(15)20-16;1-2/h1-12H;1-2H3. The summed E-state index contributed by atoms with van der Waals surface area (Å²) in [6.45, 7) is 4.00. The number of nitrogens with zero attached hydrogens (tertiary/aromatic N) is 2.